The number of aromatic nitrogens is 7. The molecular formula is C55H33N7S. The minimum Gasteiger partial charge on any atom is -0.294 e. The van der Waals surface area contributed by atoms with Gasteiger partial charge in [0.05, 0.1) is 27.8 Å². The molecule has 8 aromatic carbocycles. The Morgan fingerprint density at radius 2 is 0.730 bits per heavy atom. The lowest BCUT2D eigenvalue weighted by atomic mass is 10.1. The number of hydrogen-bond acceptors (Lipinski definition) is 6. The molecule has 0 spiro atoms. The predicted molar refractivity (Wildman–Crippen MR) is 259 cm³/mol. The molecule has 0 unspecified atom stereocenters. The molecule has 0 aliphatic rings. The molecule has 0 bridgehead atoms. The van der Waals surface area contributed by atoms with Gasteiger partial charge in [0, 0.05) is 70.0 Å². The average molecular weight is 824 g/mol. The van der Waals surface area contributed by atoms with E-state index in [1.165, 1.54) is 30.9 Å². The van der Waals surface area contributed by atoms with Crippen LogP contribution in [0, 0.1) is 0 Å². The Kier molecular flexibility index (Phi) is 7.94. The van der Waals surface area contributed by atoms with Crippen LogP contribution in [0.25, 0.3) is 121 Å². The summed E-state index contributed by atoms with van der Waals surface area (Å²) in [6.45, 7) is 0. The molecule has 0 atom stereocenters. The van der Waals surface area contributed by atoms with Crippen molar-refractivity contribution in [1.29, 1.82) is 0 Å². The number of benzene rings is 8. The normalized spacial score (nSPS) is 11.8. The monoisotopic (exact) mass is 823 g/mol. The molecule has 294 valence electrons. The molecule has 0 saturated carbocycles. The number of fused-ring (bicyclic) bond motifs is 9. The van der Waals surface area contributed by atoms with E-state index in [4.69, 9.17) is 24.9 Å². The molecule has 0 aliphatic carbocycles. The lowest BCUT2D eigenvalue weighted by Crippen LogP contribution is -2.06. The van der Waals surface area contributed by atoms with Gasteiger partial charge in [-0.2, -0.15) is 9.97 Å². The second kappa shape index (κ2) is 14.1. The van der Waals surface area contributed by atoms with Crippen LogP contribution in [0.15, 0.2) is 200 Å². The summed E-state index contributed by atoms with van der Waals surface area (Å²) in [5, 5.41) is 7.07. The maximum atomic E-state index is 5.28. The van der Waals surface area contributed by atoms with Gasteiger partial charge in [-0.15, -0.1) is 11.3 Å². The highest BCUT2D eigenvalue weighted by Gasteiger charge is 2.22. The maximum absolute atomic E-state index is 5.28. The first kappa shape index (κ1) is 35.4. The average Bonchev–Trinajstić information content (AvgIpc) is 3.99. The molecule has 13 aromatic rings. The van der Waals surface area contributed by atoms with Crippen molar-refractivity contribution >= 4 is 75.1 Å². The third-order valence-corrected chi connectivity index (χ3v) is 13.1. The van der Waals surface area contributed by atoms with Gasteiger partial charge in [0.25, 0.3) is 0 Å². The van der Waals surface area contributed by atoms with Crippen LogP contribution < -0.4 is 0 Å². The Bertz CT molecular complexity index is 3520. The zero-order valence-electron chi connectivity index (χ0n) is 33.6. The molecule has 63 heavy (non-hydrogen) atoms. The third-order valence-electron chi connectivity index (χ3n) is 12.0. The van der Waals surface area contributed by atoms with Crippen LogP contribution in [0.5, 0.6) is 0 Å². The maximum Gasteiger partial charge on any atom is 0.238 e. The van der Waals surface area contributed by atoms with E-state index in [2.05, 4.69) is 124 Å². The molecule has 5 heterocycles. The third kappa shape index (κ3) is 5.76. The first-order valence-electron chi connectivity index (χ1n) is 20.9. The van der Waals surface area contributed by atoms with Crippen molar-refractivity contribution in [2.24, 2.45) is 0 Å². The van der Waals surface area contributed by atoms with Gasteiger partial charge in [-0.25, -0.2) is 15.0 Å². The van der Waals surface area contributed by atoms with Crippen LogP contribution in [0.3, 0.4) is 0 Å². The molecule has 0 N–H and O–H groups in total. The standard InChI is InChI=1S/C55H33N7S/c1-5-17-34(18-6-1)44-31-51(57-52(56-44)35-19-7-2-8-20-35)61-45-27-15-13-25-38(45)40-29-42-43-30-41-39-26-14-16-28-46(39)62(48(41)33-50(43)63-49(42)32-47(40)61)55-59-53(36-21-9-3-10-22-36)58-54(60-55)37-23-11-4-12-24-37/h1-33H. The van der Waals surface area contributed by atoms with Crippen molar-refractivity contribution in [2.45, 2.75) is 0 Å². The van der Waals surface area contributed by atoms with Gasteiger partial charge in [0.1, 0.15) is 5.82 Å². The predicted octanol–water partition coefficient (Wildman–Crippen LogP) is 13.9. The first-order valence-corrected chi connectivity index (χ1v) is 21.7. The Morgan fingerprint density at radius 1 is 0.302 bits per heavy atom. The zero-order chi connectivity index (χ0) is 41.4. The van der Waals surface area contributed by atoms with E-state index in [1.807, 2.05) is 84.9 Å². The van der Waals surface area contributed by atoms with Gasteiger partial charge in [-0.05, 0) is 36.4 Å². The molecule has 0 fully saturated rings. The van der Waals surface area contributed by atoms with Gasteiger partial charge in [-0.1, -0.05) is 158 Å². The topological polar surface area (TPSA) is 74.3 Å². The molecule has 13 rings (SSSR count). The number of nitrogens with zero attached hydrogens (tertiary/aromatic N) is 7. The van der Waals surface area contributed by atoms with Crippen LogP contribution in [0.1, 0.15) is 0 Å². The summed E-state index contributed by atoms with van der Waals surface area (Å²) in [7, 11) is 0. The van der Waals surface area contributed by atoms with Gasteiger partial charge in [0.15, 0.2) is 17.5 Å². The van der Waals surface area contributed by atoms with Crippen molar-refractivity contribution in [1.82, 2.24) is 34.1 Å². The van der Waals surface area contributed by atoms with E-state index < -0.39 is 0 Å². The Labute approximate surface area is 364 Å². The highest BCUT2D eigenvalue weighted by molar-refractivity contribution is 7.26. The van der Waals surface area contributed by atoms with Crippen molar-refractivity contribution in [3.8, 4) is 57.2 Å². The SMILES string of the molecule is c1ccc(-c2cc(-n3c4ccccc4c4cc5c(cc43)sc3cc4c(cc35)c3ccccc3n4-c3nc(-c4ccccc4)nc(-c4ccccc4)n3)nc(-c3ccccc3)n2)cc1. The van der Waals surface area contributed by atoms with E-state index >= 15 is 0 Å². The minimum absolute atomic E-state index is 0.579. The summed E-state index contributed by atoms with van der Waals surface area (Å²) in [4.78, 5) is 25.7. The Balaban J connectivity index is 1.05. The zero-order valence-corrected chi connectivity index (χ0v) is 34.4. The van der Waals surface area contributed by atoms with Crippen molar-refractivity contribution in [3.05, 3.63) is 200 Å². The highest BCUT2D eigenvalue weighted by atomic mass is 32.1. The molecule has 0 aliphatic heterocycles. The molecule has 0 radical (unpaired) electrons. The van der Waals surface area contributed by atoms with Gasteiger partial charge < -0.3 is 0 Å². The fraction of sp³-hybridized carbons (Fsp3) is 0. The van der Waals surface area contributed by atoms with E-state index in [0.29, 0.717) is 23.4 Å². The fourth-order valence-electron chi connectivity index (χ4n) is 9.08. The van der Waals surface area contributed by atoms with Crippen LogP contribution in [0.2, 0.25) is 0 Å². The summed E-state index contributed by atoms with van der Waals surface area (Å²) >= 11 is 1.81. The Morgan fingerprint density at radius 3 is 1.25 bits per heavy atom. The lowest BCUT2D eigenvalue weighted by molar-refractivity contribution is 0.954. The molecule has 8 heteroatoms. The summed E-state index contributed by atoms with van der Waals surface area (Å²) in [5.74, 6) is 3.34. The van der Waals surface area contributed by atoms with Crippen LogP contribution in [-0.2, 0) is 0 Å². The molecule has 0 saturated heterocycles. The van der Waals surface area contributed by atoms with Gasteiger partial charge in [0.2, 0.25) is 5.95 Å². The molecular weight excluding hydrogens is 791 g/mol. The molecule has 7 nitrogen and oxygen atoms in total. The first-order chi connectivity index (χ1) is 31.2. The highest BCUT2D eigenvalue weighted by Crippen LogP contribution is 2.44. The summed E-state index contributed by atoms with van der Waals surface area (Å²) in [6, 6.07) is 69.6. The quantitative estimate of drug-likeness (QED) is 0.167. The summed E-state index contributed by atoms with van der Waals surface area (Å²) in [5.41, 5.74) is 9.03. The summed E-state index contributed by atoms with van der Waals surface area (Å²) < 4.78 is 6.90. The minimum atomic E-state index is 0.579. The number of hydrogen-bond donors (Lipinski definition) is 0. The molecule has 5 aromatic heterocycles. The van der Waals surface area contributed by atoms with E-state index in [1.54, 1.807) is 11.3 Å². The van der Waals surface area contributed by atoms with E-state index in [-0.39, 0.29) is 0 Å². The van der Waals surface area contributed by atoms with Gasteiger partial charge >= 0.3 is 0 Å². The Hall–Kier alpha value is -8.33. The van der Waals surface area contributed by atoms with Crippen LogP contribution >= 0.6 is 11.3 Å². The van der Waals surface area contributed by atoms with Crippen molar-refractivity contribution < 1.29 is 0 Å². The van der Waals surface area contributed by atoms with Crippen LogP contribution in [0.4, 0.5) is 0 Å². The smallest absolute Gasteiger partial charge is 0.238 e. The van der Waals surface area contributed by atoms with Crippen molar-refractivity contribution in [2.75, 3.05) is 0 Å². The molecule has 0 amide bonds. The largest absolute Gasteiger partial charge is 0.294 e. The number of rotatable bonds is 6. The second-order valence-electron chi connectivity index (χ2n) is 15.7. The lowest BCUT2D eigenvalue weighted by Gasteiger charge is -2.12. The second-order valence-corrected chi connectivity index (χ2v) is 16.8. The van der Waals surface area contributed by atoms with Crippen LogP contribution in [-0.4, -0.2) is 34.1 Å². The van der Waals surface area contributed by atoms with E-state index in [9.17, 15) is 0 Å². The van der Waals surface area contributed by atoms with E-state index in [0.717, 1.165) is 66.6 Å². The number of thiophene rings is 1. The fourth-order valence-corrected chi connectivity index (χ4v) is 10.2. The number of para-hydroxylation sites is 2. The van der Waals surface area contributed by atoms with Crippen molar-refractivity contribution in [3.63, 3.8) is 0 Å². The summed E-state index contributed by atoms with van der Waals surface area (Å²) in [6.07, 6.45) is 0. The van der Waals surface area contributed by atoms with Gasteiger partial charge in [-0.3, -0.25) is 9.13 Å².